The molecule has 1 fully saturated rings. The number of hydrogen-bond donors (Lipinski definition) is 1. The molecule has 0 aliphatic heterocycles. The van der Waals surface area contributed by atoms with Crippen LogP contribution >= 0.6 is 0 Å². The lowest BCUT2D eigenvalue weighted by Gasteiger charge is -2.34. The highest BCUT2D eigenvalue weighted by Crippen LogP contribution is 2.43. The molecule has 0 radical (unpaired) electrons. The first-order valence-electron chi connectivity index (χ1n) is 6.83. The van der Waals surface area contributed by atoms with E-state index in [1.807, 2.05) is 0 Å². The average molecular weight is 233 g/mol. The number of rotatable bonds is 2. The maximum absolute atomic E-state index is 10.3. The van der Waals surface area contributed by atoms with Crippen LogP contribution in [0.15, 0.2) is 6.07 Å². The van der Waals surface area contributed by atoms with E-state index < -0.39 is 0 Å². The molecule has 1 atom stereocenters. The number of fused-ring (bicyclic) bond motifs is 1. The second kappa shape index (κ2) is 3.61. The molecule has 0 aromatic carbocycles. The summed E-state index contributed by atoms with van der Waals surface area (Å²) in [6.45, 7) is 7.89. The third kappa shape index (κ3) is 2.03. The fourth-order valence-electron chi connectivity index (χ4n) is 3.21. The van der Waals surface area contributed by atoms with E-state index >= 15 is 0 Å². The van der Waals surface area contributed by atoms with Crippen molar-refractivity contribution in [2.24, 2.45) is 11.3 Å². The van der Waals surface area contributed by atoms with Gasteiger partial charge < -0.3 is 9.67 Å². The summed E-state index contributed by atoms with van der Waals surface area (Å²) in [7, 11) is 0. The maximum Gasteiger partial charge on any atom is 0.0812 e. The van der Waals surface area contributed by atoms with Gasteiger partial charge in [-0.05, 0) is 50.0 Å². The summed E-state index contributed by atoms with van der Waals surface area (Å²) in [6.07, 6.45) is 4.52. The third-order valence-corrected chi connectivity index (χ3v) is 4.34. The van der Waals surface area contributed by atoms with Gasteiger partial charge in [0.05, 0.1) is 6.10 Å². The fraction of sp³-hybridized carbons (Fsp3) is 0.733. The predicted octanol–water partition coefficient (Wildman–Crippen LogP) is 3.21. The highest BCUT2D eigenvalue weighted by molar-refractivity contribution is 5.33. The number of nitrogens with zero attached hydrogens (tertiary/aromatic N) is 1. The third-order valence-electron chi connectivity index (χ3n) is 4.34. The van der Waals surface area contributed by atoms with Gasteiger partial charge in [0, 0.05) is 23.5 Å². The van der Waals surface area contributed by atoms with Crippen LogP contribution in [-0.2, 0) is 13.0 Å². The first-order valence-corrected chi connectivity index (χ1v) is 6.83. The highest BCUT2D eigenvalue weighted by atomic mass is 16.3. The molecule has 1 heterocycles. The molecule has 0 spiro atoms. The van der Waals surface area contributed by atoms with Crippen molar-refractivity contribution in [3.8, 4) is 0 Å². The molecule has 2 nitrogen and oxygen atoms in total. The van der Waals surface area contributed by atoms with Crippen LogP contribution < -0.4 is 0 Å². The van der Waals surface area contributed by atoms with Crippen molar-refractivity contribution in [1.29, 1.82) is 0 Å². The van der Waals surface area contributed by atoms with Crippen LogP contribution in [0.25, 0.3) is 0 Å². The van der Waals surface area contributed by atoms with E-state index in [2.05, 4.69) is 31.4 Å². The van der Waals surface area contributed by atoms with Gasteiger partial charge in [-0.15, -0.1) is 0 Å². The van der Waals surface area contributed by atoms with Gasteiger partial charge in [0.15, 0.2) is 0 Å². The topological polar surface area (TPSA) is 25.2 Å². The molecule has 1 N–H and O–H groups in total. The molecule has 94 valence electrons. The lowest BCUT2D eigenvalue weighted by atomic mass is 9.75. The summed E-state index contributed by atoms with van der Waals surface area (Å²) in [4.78, 5) is 0. The Kier molecular flexibility index (Phi) is 2.41. The zero-order valence-electron chi connectivity index (χ0n) is 11.2. The maximum atomic E-state index is 10.3. The molecular formula is C15H23NO. The minimum Gasteiger partial charge on any atom is -0.388 e. The predicted molar refractivity (Wildman–Crippen MR) is 69.0 cm³/mol. The summed E-state index contributed by atoms with van der Waals surface area (Å²) < 4.78 is 2.47. The molecule has 0 amide bonds. The Balaban J connectivity index is 2.00. The SMILES string of the molecule is Cc1cc2c(n1CC1CC1)CC(C)(C)CC2O. The molecule has 2 aliphatic carbocycles. The highest BCUT2D eigenvalue weighted by Gasteiger charge is 2.35. The van der Waals surface area contributed by atoms with E-state index in [0.29, 0.717) is 0 Å². The second-order valence-corrected chi connectivity index (χ2v) is 6.80. The van der Waals surface area contributed by atoms with Gasteiger partial charge in [-0.2, -0.15) is 0 Å². The van der Waals surface area contributed by atoms with Crippen molar-refractivity contribution in [2.75, 3.05) is 0 Å². The van der Waals surface area contributed by atoms with E-state index in [9.17, 15) is 5.11 Å². The van der Waals surface area contributed by atoms with Crippen LogP contribution in [0.4, 0.5) is 0 Å². The minimum absolute atomic E-state index is 0.235. The van der Waals surface area contributed by atoms with Gasteiger partial charge in [0.1, 0.15) is 0 Å². The van der Waals surface area contributed by atoms with E-state index in [1.165, 1.54) is 36.3 Å². The van der Waals surface area contributed by atoms with Gasteiger partial charge in [0.2, 0.25) is 0 Å². The Bertz CT molecular complexity index is 440. The largest absolute Gasteiger partial charge is 0.388 e. The number of hydrogen-bond acceptors (Lipinski definition) is 1. The second-order valence-electron chi connectivity index (χ2n) is 6.80. The van der Waals surface area contributed by atoms with Gasteiger partial charge in [0.25, 0.3) is 0 Å². The van der Waals surface area contributed by atoms with Crippen LogP contribution in [0.2, 0.25) is 0 Å². The summed E-state index contributed by atoms with van der Waals surface area (Å²) >= 11 is 0. The number of aliphatic hydroxyl groups excluding tert-OH is 1. The van der Waals surface area contributed by atoms with Crippen molar-refractivity contribution in [1.82, 2.24) is 4.57 Å². The zero-order chi connectivity index (χ0) is 12.2. The molecule has 1 saturated carbocycles. The van der Waals surface area contributed by atoms with E-state index in [-0.39, 0.29) is 11.5 Å². The van der Waals surface area contributed by atoms with Gasteiger partial charge >= 0.3 is 0 Å². The van der Waals surface area contributed by atoms with Crippen molar-refractivity contribution >= 4 is 0 Å². The van der Waals surface area contributed by atoms with E-state index in [1.54, 1.807) is 0 Å². The Hall–Kier alpha value is -0.760. The Morgan fingerprint density at radius 3 is 2.76 bits per heavy atom. The summed E-state index contributed by atoms with van der Waals surface area (Å²) in [6, 6.07) is 2.21. The monoisotopic (exact) mass is 233 g/mol. The van der Waals surface area contributed by atoms with E-state index in [0.717, 1.165) is 18.8 Å². The minimum atomic E-state index is -0.257. The van der Waals surface area contributed by atoms with Crippen LogP contribution in [0.3, 0.4) is 0 Å². The molecule has 1 aromatic heterocycles. The van der Waals surface area contributed by atoms with Crippen molar-refractivity contribution in [3.63, 3.8) is 0 Å². The van der Waals surface area contributed by atoms with Gasteiger partial charge in [-0.3, -0.25) is 0 Å². The summed E-state index contributed by atoms with van der Waals surface area (Å²) in [5, 5.41) is 10.3. The number of aromatic nitrogens is 1. The molecule has 2 heteroatoms. The average Bonchev–Trinajstić information content (AvgIpc) is 2.95. The van der Waals surface area contributed by atoms with Crippen LogP contribution in [0, 0.1) is 18.3 Å². The Morgan fingerprint density at radius 2 is 2.12 bits per heavy atom. The van der Waals surface area contributed by atoms with Gasteiger partial charge in [-0.1, -0.05) is 13.8 Å². The Labute approximate surface area is 104 Å². The smallest absolute Gasteiger partial charge is 0.0812 e. The van der Waals surface area contributed by atoms with Gasteiger partial charge in [-0.25, -0.2) is 0 Å². The standard InChI is InChI=1S/C15H23NO/c1-10-6-12-13(16(10)9-11-4-5-11)7-15(2,3)8-14(12)17/h6,11,14,17H,4-5,7-9H2,1-3H3. The lowest BCUT2D eigenvalue weighted by molar-refractivity contribution is 0.0978. The summed E-state index contributed by atoms with van der Waals surface area (Å²) in [5.41, 5.74) is 4.16. The van der Waals surface area contributed by atoms with Crippen LogP contribution in [0.1, 0.15) is 56.2 Å². The Morgan fingerprint density at radius 1 is 1.41 bits per heavy atom. The molecule has 0 bridgehead atoms. The van der Waals surface area contributed by atoms with Crippen LogP contribution in [-0.4, -0.2) is 9.67 Å². The molecule has 1 aromatic rings. The molecule has 1 unspecified atom stereocenters. The first kappa shape index (κ1) is 11.3. The molecule has 0 saturated heterocycles. The quantitative estimate of drug-likeness (QED) is 0.833. The summed E-state index contributed by atoms with van der Waals surface area (Å²) in [5.74, 6) is 0.896. The normalized spacial score (nSPS) is 26.9. The van der Waals surface area contributed by atoms with Crippen LogP contribution in [0.5, 0.6) is 0 Å². The lowest BCUT2D eigenvalue weighted by Crippen LogP contribution is -2.27. The first-order chi connectivity index (χ1) is 7.96. The zero-order valence-corrected chi connectivity index (χ0v) is 11.2. The molecular weight excluding hydrogens is 210 g/mol. The van der Waals surface area contributed by atoms with Crippen molar-refractivity contribution in [2.45, 2.75) is 59.1 Å². The number of aryl methyl sites for hydroxylation is 1. The van der Waals surface area contributed by atoms with Crippen molar-refractivity contribution < 1.29 is 5.11 Å². The number of aliphatic hydroxyl groups is 1. The molecule has 17 heavy (non-hydrogen) atoms. The fourth-order valence-corrected chi connectivity index (χ4v) is 3.21. The van der Waals surface area contributed by atoms with Crippen molar-refractivity contribution in [3.05, 3.63) is 23.0 Å². The molecule has 3 rings (SSSR count). The molecule has 2 aliphatic rings. The van der Waals surface area contributed by atoms with E-state index in [4.69, 9.17) is 0 Å².